The van der Waals surface area contributed by atoms with Gasteiger partial charge in [0.1, 0.15) is 11.4 Å². The fraction of sp³-hybridized carbons (Fsp3) is 0.111. The van der Waals surface area contributed by atoms with Crippen molar-refractivity contribution in [2.45, 2.75) is 6.92 Å². The molecule has 1 aromatic carbocycles. The van der Waals surface area contributed by atoms with E-state index in [1.165, 1.54) is 6.92 Å². The molecule has 0 fully saturated rings. The lowest BCUT2D eigenvalue weighted by Gasteiger charge is -2.02. The van der Waals surface area contributed by atoms with Crippen molar-refractivity contribution in [1.29, 1.82) is 0 Å². The second-order valence-electron chi connectivity index (χ2n) is 3.33. The number of carboxylic acid groups (broad SMARTS) is 1. The lowest BCUT2D eigenvalue weighted by molar-refractivity contribution is -0.393. The highest BCUT2D eigenvalue weighted by Gasteiger charge is 2.19. The van der Waals surface area contributed by atoms with Gasteiger partial charge in [0.15, 0.2) is 0 Å². The van der Waals surface area contributed by atoms with Gasteiger partial charge in [-0.05, 0) is 13.0 Å². The second kappa shape index (κ2) is 5.53. The molecule has 0 atom stereocenters. The van der Waals surface area contributed by atoms with E-state index in [4.69, 9.17) is 5.11 Å². The van der Waals surface area contributed by atoms with Crippen LogP contribution in [0, 0.1) is 20.2 Å². The minimum Gasteiger partial charge on any atom is -0.477 e. The predicted molar refractivity (Wildman–Crippen MR) is 64.1 cm³/mol. The zero-order chi connectivity index (χ0) is 14.6. The number of hydrazone groups is 1. The summed E-state index contributed by atoms with van der Waals surface area (Å²) in [5.41, 5.74) is 0.709. The Morgan fingerprint density at radius 1 is 1.32 bits per heavy atom. The fourth-order valence-corrected chi connectivity index (χ4v) is 1.07. The van der Waals surface area contributed by atoms with Gasteiger partial charge >= 0.3 is 11.7 Å². The fourth-order valence-electron chi connectivity index (χ4n) is 1.07. The van der Waals surface area contributed by atoms with Gasteiger partial charge < -0.3 is 5.11 Å². The largest absolute Gasteiger partial charge is 0.477 e. The lowest BCUT2D eigenvalue weighted by Crippen LogP contribution is -2.10. The van der Waals surface area contributed by atoms with Crippen molar-refractivity contribution in [3.63, 3.8) is 0 Å². The molecule has 0 aliphatic carbocycles. The number of aliphatic carboxylic acids is 1. The Hall–Kier alpha value is -3.04. The normalized spacial score (nSPS) is 10.9. The summed E-state index contributed by atoms with van der Waals surface area (Å²) in [6, 6.07) is 2.88. The van der Waals surface area contributed by atoms with Crippen LogP contribution in [0.4, 0.5) is 17.1 Å². The van der Waals surface area contributed by atoms with Crippen molar-refractivity contribution >= 4 is 28.7 Å². The van der Waals surface area contributed by atoms with E-state index < -0.39 is 27.2 Å². The number of nitro benzene ring substituents is 2. The highest BCUT2D eigenvalue weighted by atomic mass is 16.6. The van der Waals surface area contributed by atoms with Crippen LogP contribution in [0.3, 0.4) is 0 Å². The van der Waals surface area contributed by atoms with Crippen LogP contribution >= 0.6 is 0 Å². The molecule has 2 N–H and O–H groups in total. The molecule has 1 rings (SSSR count). The molecule has 0 aromatic heterocycles. The van der Waals surface area contributed by atoms with Gasteiger partial charge in [-0.3, -0.25) is 25.7 Å². The van der Waals surface area contributed by atoms with Crippen LogP contribution in [0.5, 0.6) is 0 Å². The highest BCUT2D eigenvalue weighted by Crippen LogP contribution is 2.28. The summed E-state index contributed by atoms with van der Waals surface area (Å²) < 4.78 is 0. The standard InChI is InChI=1S/C9H8N4O6/c1-5(9(14)15)10-11-7-3-2-6(12(16)17)4-8(7)13(18)19/h2-4,11H,1H3,(H,14,15)/b10-5+. The van der Waals surface area contributed by atoms with E-state index in [2.05, 4.69) is 10.5 Å². The van der Waals surface area contributed by atoms with E-state index in [-0.39, 0.29) is 11.4 Å². The van der Waals surface area contributed by atoms with Crippen molar-refractivity contribution in [2.24, 2.45) is 5.10 Å². The van der Waals surface area contributed by atoms with E-state index >= 15 is 0 Å². The number of anilines is 1. The van der Waals surface area contributed by atoms with E-state index in [9.17, 15) is 25.0 Å². The number of nitro groups is 2. The Morgan fingerprint density at radius 2 is 1.95 bits per heavy atom. The molecule has 0 radical (unpaired) electrons. The van der Waals surface area contributed by atoms with Gasteiger partial charge in [0.25, 0.3) is 5.69 Å². The zero-order valence-electron chi connectivity index (χ0n) is 9.56. The smallest absolute Gasteiger partial charge is 0.351 e. The third-order valence-corrected chi connectivity index (χ3v) is 2.04. The molecule has 0 amide bonds. The van der Waals surface area contributed by atoms with E-state index in [0.717, 1.165) is 18.2 Å². The van der Waals surface area contributed by atoms with Gasteiger partial charge in [0.2, 0.25) is 0 Å². The number of carbonyl (C=O) groups is 1. The first kappa shape index (κ1) is 14.0. The lowest BCUT2D eigenvalue weighted by atomic mass is 10.2. The minimum atomic E-state index is -1.29. The quantitative estimate of drug-likeness (QED) is 0.465. The molecule has 0 spiro atoms. The number of rotatable bonds is 5. The maximum absolute atomic E-state index is 10.8. The van der Waals surface area contributed by atoms with Gasteiger partial charge in [0, 0.05) is 6.07 Å². The molecule has 0 heterocycles. The molecular formula is C9H8N4O6. The van der Waals surface area contributed by atoms with E-state index in [1.807, 2.05) is 0 Å². The summed E-state index contributed by atoms with van der Waals surface area (Å²) >= 11 is 0. The SMILES string of the molecule is C/C(=N\Nc1ccc([N+](=O)[O-])cc1[N+](=O)[O-])C(=O)O. The van der Waals surface area contributed by atoms with Gasteiger partial charge in [-0.1, -0.05) is 0 Å². The average Bonchev–Trinajstić information content (AvgIpc) is 2.35. The van der Waals surface area contributed by atoms with Gasteiger partial charge in [-0.15, -0.1) is 0 Å². The van der Waals surface area contributed by atoms with Crippen molar-refractivity contribution in [3.8, 4) is 0 Å². The van der Waals surface area contributed by atoms with Crippen LogP contribution in [0.15, 0.2) is 23.3 Å². The number of carboxylic acids is 1. The Balaban J connectivity index is 3.14. The molecule has 100 valence electrons. The van der Waals surface area contributed by atoms with Gasteiger partial charge in [-0.25, -0.2) is 4.79 Å². The first-order valence-electron chi connectivity index (χ1n) is 4.79. The van der Waals surface area contributed by atoms with Gasteiger partial charge in [-0.2, -0.15) is 5.10 Å². The van der Waals surface area contributed by atoms with Crippen LogP contribution in [0.25, 0.3) is 0 Å². The third-order valence-electron chi connectivity index (χ3n) is 2.04. The highest BCUT2D eigenvalue weighted by molar-refractivity contribution is 6.34. The second-order valence-corrected chi connectivity index (χ2v) is 3.33. The van der Waals surface area contributed by atoms with Crippen LogP contribution in [-0.2, 0) is 4.79 Å². The molecule has 1 aromatic rings. The molecule has 0 saturated heterocycles. The number of benzene rings is 1. The van der Waals surface area contributed by atoms with Crippen molar-refractivity contribution in [2.75, 3.05) is 5.43 Å². The van der Waals surface area contributed by atoms with Crippen LogP contribution < -0.4 is 5.43 Å². The third kappa shape index (κ3) is 3.46. The number of hydrogen-bond donors (Lipinski definition) is 2. The first-order chi connectivity index (χ1) is 8.82. The summed E-state index contributed by atoms with van der Waals surface area (Å²) in [4.78, 5) is 30.1. The van der Waals surface area contributed by atoms with Crippen LogP contribution in [0.1, 0.15) is 6.92 Å². The van der Waals surface area contributed by atoms with E-state index in [1.54, 1.807) is 0 Å². The number of hydrogen-bond acceptors (Lipinski definition) is 7. The van der Waals surface area contributed by atoms with E-state index in [0.29, 0.717) is 0 Å². The van der Waals surface area contributed by atoms with Crippen molar-refractivity contribution < 1.29 is 19.7 Å². The summed E-state index contributed by atoms with van der Waals surface area (Å²) in [6.45, 7) is 1.19. The van der Waals surface area contributed by atoms with Crippen LogP contribution in [0.2, 0.25) is 0 Å². The molecule has 10 heteroatoms. The Bertz CT molecular complexity index is 582. The average molecular weight is 268 g/mol. The van der Waals surface area contributed by atoms with Crippen LogP contribution in [-0.4, -0.2) is 26.6 Å². The molecule has 19 heavy (non-hydrogen) atoms. The maximum atomic E-state index is 10.8. The molecular weight excluding hydrogens is 260 g/mol. The Kier molecular flexibility index (Phi) is 4.08. The number of nitrogens with zero attached hydrogens (tertiary/aromatic N) is 3. The molecule has 0 saturated carbocycles. The molecule has 0 aliphatic heterocycles. The summed E-state index contributed by atoms with van der Waals surface area (Å²) in [6.07, 6.45) is 0. The zero-order valence-corrected chi connectivity index (χ0v) is 9.56. The monoisotopic (exact) mass is 268 g/mol. The number of non-ortho nitro benzene ring substituents is 1. The molecule has 0 bridgehead atoms. The minimum absolute atomic E-state index is 0.142. The van der Waals surface area contributed by atoms with Crippen molar-refractivity contribution in [1.82, 2.24) is 0 Å². The molecule has 10 nitrogen and oxygen atoms in total. The van der Waals surface area contributed by atoms with Crippen molar-refractivity contribution in [3.05, 3.63) is 38.4 Å². The molecule has 0 aliphatic rings. The van der Waals surface area contributed by atoms with Gasteiger partial charge in [0.05, 0.1) is 15.9 Å². The summed E-state index contributed by atoms with van der Waals surface area (Å²) in [5.74, 6) is -1.29. The molecule has 0 unspecified atom stereocenters. The Morgan fingerprint density at radius 3 is 2.42 bits per heavy atom. The topological polar surface area (TPSA) is 148 Å². The summed E-state index contributed by atoms with van der Waals surface area (Å²) in [7, 11) is 0. The summed E-state index contributed by atoms with van der Waals surface area (Å²) in [5, 5.41) is 33.2. The maximum Gasteiger partial charge on any atom is 0.351 e. The predicted octanol–water partition coefficient (Wildman–Crippen LogP) is 1.38. The number of nitrogens with one attached hydrogen (secondary N) is 1. The Labute approximate surface area is 105 Å². The first-order valence-corrected chi connectivity index (χ1v) is 4.79.